The van der Waals surface area contributed by atoms with Crippen LogP contribution in [0.4, 0.5) is 0 Å². The summed E-state index contributed by atoms with van der Waals surface area (Å²) in [4.78, 5) is 12.8. The number of fused-ring (bicyclic) bond motifs is 3. The van der Waals surface area contributed by atoms with Gasteiger partial charge in [0, 0.05) is 12.5 Å². The summed E-state index contributed by atoms with van der Waals surface area (Å²) in [6.45, 7) is 2.46. The molecular weight excluding hydrogens is 400 g/mol. The van der Waals surface area contributed by atoms with Crippen LogP contribution in [0.5, 0.6) is 0 Å². The van der Waals surface area contributed by atoms with E-state index in [4.69, 9.17) is 5.84 Å². The van der Waals surface area contributed by atoms with Gasteiger partial charge in [-0.25, -0.2) is 4.68 Å². The Morgan fingerprint density at radius 1 is 1.10 bits per heavy atom. The second-order valence-corrected chi connectivity index (χ2v) is 8.60. The maximum atomic E-state index is 12.8. The van der Waals surface area contributed by atoms with Crippen molar-refractivity contribution in [2.45, 2.75) is 62.4 Å². The van der Waals surface area contributed by atoms with Crippen molar-refractivity contribution in [3.8, 4) is 0 Å². The second kappa shape index (κ2) is 7.75. The molecule has 0 saturated heterocycles. The summed E-state index contributed by atoms with van der Waals surface area (Å²) in [6.07, 6.45) is 5.97. The highest BCUT2D eigenvalue weighted by atomic mass is 32.2. The number of nitrogens with zero attached hydrogens (tertiary/aromatic N) is 7. The van der Waals surface area contributed by atoms with Gasteiger partial charge >= 0.3 is 0 Å². The van der Waals surface area contributed by atoms with Gasteiger partial charge in [-0.3, -0.25) is 13.8 Å². The molecule has 0 bridgehead atoms. The lowest BCUT2D eigenvalue weighted by Gasteiger charge is -2.20. The normalized spacial score (nSPS) is 15.4. The second-order valence-electron chi connectivity index (χ2n) is 7.65. The third-order valence-corrected chi connectivity index (χ3v) is 6.82. The van der Waals surface area contributed by atoms with Crippen LogP contribution in [0.3, 0.4) is 0 Å². The lowest BCUT2D eigenvalue weighted by molar-refractivity contribution is 0.421. The topological polar surface area (TPSA) is 109 Å². The molecule has 3 heterocycles. The Morgan fingerprint density at radius 2 is 1.90 bits per heavy atom. The van der Waals surface area contributed by atoms with Gasteiger partial charge in [-0.15, -0.1) is 20.4 Å². The molecule has 30 heavy (non-hydrogen) atoms. The zero-order valence-corrected chi connectivity index (χ0v) is 17.7. The molecule has 1 aliphatic carbocycles. The zero-order chi connectivity index (χ0) is 20.7. The van der Waals surface area contributed by atoms with E-state index in [0.29, 0.717) is 34.5 Å². The molecule has 1 aliphatic rings. The zero-order valence-electron chi connectivity index (χ0n) is 16.9. The van der Waals surface area contributed by atoms with Gasteiger partial charge in [-0.05, 0) is 31.9 Å². The van der Waals surface area contributed by atoms with E-state index in [1.807, 2.05) is 35.6 Å². The fraction of sp³-hybridized carbons (Fsp3) is 0.450. The molecule has 1 fully saturated rings. The first-order chi connectivity index (χ1) is 14.7. The Labute approximate surface area is 177 Å². The van der Waals surface area contributed by atoms with Gasteiger partial charge in [0.1, 0.15) is 5.82 Å². The van der Waals surface area contributed by atoms with Crippen molar-refractivity contribution in [3.63, 3.8) is 0 Å². The SMILES string of the molecule is CCn1c(=O)c2ccccc2n2c(CSc3nnc(C4CCCCC4)n3N)nnc12. The number of aromatic nitrogens is 7. The highest BCUT2D eigenvalue weighted by Gasteiger charge is 2.23. The molecule has 0 radical (unpaired) electrons. The number of nitrogen functional groups attached to an aromatic ring is 1. The molecule has 0 atom stereocenters. The van der Waals surface area contributed by atoms with Crippen molar-refractivity contribution in [2.75, 3.05) is 5.84 Å². The summed E-state index contributed by atoms with van der Waals surface area (Å²) in [6, 6.07) is 7.56. The molecule has 0 amide bonds. The number of thioether (sulfide) groups is 1. The summed E-state index contributed by atoms with van der Waals surface area (Å²) in [5.41, 5.74) is 0.755. The van der Waals surface area contributed by atoms with E-state index in [2.05, 4.69) is 20.4 Å². The monoisotopic (exact) mass is 424 g/mol. The summed E-state index contributed by atoms with van der Waals surface area (Å²) >= 11 is 1.48. The third kappa shape index (κ3) is 3.06. The van der Waals surface area contributed by atoms with Crippen molar-refractivity contribution < 1.29 is 0 Å². The number of aryl methyl sites for hydroxylation is 1. The average Bonchev–Trinajstić information content (AvgIpc) is 3.37. The number of rotatable bonds is 5. The molecule has 3 aromatic heterocycles. The molecule has 156 valence electrons. The minimum Gasteiger partial charge on any atom is -0.336 e. The minimum atomic E-state index is -0.0500. The summed E-state index contributed by atoms with van der Waals surface area (Å²) in [5, 5.41) is 18.7. The standard InChI is InChI=1S/C20H24N8OS/c1-2-26-18(29)14-10-6-7-11-15(14)27-16(22-24-19(26)27)12-30-20-25-23-17(28(20)21)13-8-4-3-5-9-13/h6-7,10-11,13H,2-5,8-9,12,21H2,1H3. The Balaban J connectivity index is 1.49. The molecule has 2 N–H and O–H groups in total. The van der Waals surface area contributed by atoms with Crippen LogP contribution in [0, 0.1) is 0 Å². The van der Waals surface area contributed by atoms with E-state index in [9.17, 15) is 4.79 Å². The number of hydrogen-bond acceptors (Lipinski definition) is 7. The molecule has 1 aromatic carbocycles. The van der Waals surface area contributed by atoms with Crippen LogP contribution in [0.2, 0.25) is 0 Å². The fourth-order valence-electron chi connectivity index (χ4n) is 4.35. The van der Waals surface area contributed by atoms with E-state index >= 15 is 0 Å². The summed E-state index contributed by atoms with van der Waals surface area (Å²) in [5.74, 6) is 9.40. The van der Waals surface area contributed by atoms with Gasteiger partial charge < -0.3 is 5.84 Å². The Bertz CT molecular complexity index is 1270. The molecule has 0 unspecified atom stereocenters. The quantitative estimate of drug-likeness (QED) is 0.387. The summed E-state index contributed by atoms with van der Waals surface area (Å²) < 4.78 is 5.23. The van der Waals surface area contributed by atoms with Crippen LogP contribution >= 0.6 is 11.8 Å². The lowest BCUT2D eigenvalue weighted by Crippen LogP contribution is -2.22. The van der Waals surface area contributed by atoms with Gasteiger partial charge in [0.25, 0.3) is 5.56 Å². The van der Waals surface area contributed by atoms with Gasteiger partial charge in [-0.1, -0.05) is 43.2 Å². The molecule has 9 nitrogen and oxygen atoms in total. The molecule has 1 saturated carbocycles. The lowest BCUT2D eigenvalue weighted by atomic mass is 9.89. The van der Waals surface area contributed by atoms with Crippen molar-refractivity contribution in [3.05, 3.63) is 46.3 Å². The molecule has 4 aromatic rings. The average molecular weight is 425 g/mol. The maximum Gasteiger partial charge on any atom is 0.262 e. The number of nitrogens with two attached hydrogens (primary N) is 1. The molecule has 0 spiro atoms. The predicted molar refractivity (Wildman–Crippen MR) is 116 cm³/mol. The van der Waals surface area contributed by atoms with E-state index in [-0.39, 0.29) is 5.56 Å². The van der Waals surface area contributed by atoms with E-state index < -0.39 is 0 Å². The maximum absolute atomic E-state index is 12.8. The molecular formula is C20H24N8OS. The molecule has 10 heteroatoms. The first kappa shape index (κ1) is 19.1. The van der Waals surface area contributed by atoms with Crippen LogP contribution in [-0.4, -0.2) is 34.0 Å². The number of para-hydroxylation sites is 1. The van der Waals surface area contributed by atoms with Crippen molar-refractivity contribution in [2.24, 2.45) is 0 Å². The fourth-order valence-corrected chi connectivity index (χ4v) is 5.12. The largest absolute Gasteiger partial charge is 0.336 e. The van der Waals surface area contributed by atoms with E-state index in [1.165, 1.54) is 31.0 Å². The van der Waals surface area contributed by atoms with Crippen molar-refractivity contribution in [1.29, 1.82) is 0 Å². The van der Waals surface area contributed by atoms with Crippen molar-refractivity contribution in [1.82, 2.24) is 34.0 Å². The van der Waals surface area contributed by atoms with Gasteiger partial charge in [0.05, 0.1) is 16.7 Å². The molecule has 5 rings (SSSR count). The highest BCUT2D eigenvalue weighted by molar-refractivity contribution is 7.98. The van der Waals surface area contributed by atoms with Crippen LogP contribution in [-0.2, 0) is 12.3 Å². The minimum absolute atomic E-state index is 0.0500. The number of benzene rings is 1. The van der Waals surface area contributed by atoms with Crippen LogP contribution < -0.4 is 11.4 Å². The van der Waals surface area contributed by atoms with E-state index in [1.54, 1.807) is 9.24 Å². The van der Waals surface area contributed by atoms with Gasteiger partial charge in [-0.2, -0.15) is 0 Å². The number of hydrogen-bond donors (Lipinski definition) is 1. The van der Waals surface area contributed by atoms with Crippen LogP contribution in [0.25, 0.3) is 16.7 Å². The first-order valence-electron chi connectivity index (χ1n) is 10.4. The Morgan fingerprint density at radius 3 is 2.70 bits per heavy atom. The van der Waals surface area contributed by atoms with Crippen molar-refractivity contribution >= 4 is 28.4 Å². The Kier molecular flexibility index (Phi) is 4.93. The Hall–Kier alpha value is -2.88. The van der Waals surface area contributed by atoms with Gasteiger partial charge in [0.15, 0.2) is 5.82 Å². The van der Waals surface area contributed by atoms with Gasteiger partial charge in [0.2, 0.25) is 10.9 Å². The van der Waals surface area contributed by atoms with Crippen LogP contribution in [0.15, 0.2) is 34.2 Å². The molecule has 0 aliphatic heterocycles. The van der Waals surface area contributed by atoms with Crippen LogP contribution in [0.1, 0.15) is 56.6 Å². The van der Waals surface area contributed by atoms with E-state index in [0.717, 1.165) is 30.0 Å². The summed E-state index contributed by atoms with van der Waals surface area (Å²) in [7, 11) is 0. The predicted octanol–water partition coefficient (Wildman–Crippen LogP) is 2.71. The smallest absolute Gasteiger partial charge is 0.262 e. The first-order valence-corrected chi connectivity index (χ1v) is 11.4. The highest BCUT2D eigenvalue weighted by Crippen LogP contribution is 2.32. The third-order valence-electron chi connectivity index (χ3n) is 5.88.